The van der Waals surface area contributed by atoms with Crippen LogP contribution in [0.5, 0.6) is 0 Å². The number of sulfonamides is 1. The lowest BCUT2D eigenvalue weighted by atomic mass is 10.1. The highest BCUT2D eigenvalue weighted by Gasteiger charge is 2.25. The quantitative estimate of drug-likeness (QED) is 0.557. The van der Waals surface area contributed by atoms with Crippen LogP contribution in [0.25, 0.3) is 0 Å². The molecule has 0 spiro atoms. The molecule has 2 aromatic rings. The van der Waals surface area contributed by atoms with Crippen LogP contribution in [-0.4, -0.2) is 56.8 Å². The summed E-state index contributed by atoms with van der Waals surface area (Å²) in [5, 5.41) is 0. The lowest BCUT2D eigenvalue weighted by Crippen LogP contribution is -2.35. The Hall–Kier alpha value is -2.38. The van der Waals surface area contributed by atoms with Crippen molar-refractivity contribution in [3.05, 3.63) is 59.7 Å². The number of benzene rings is 2. The van der Waals surface area contributed by atoms with Crippen LogP contribution in [-0.2, 0) is 27.8 Å². The third-order valence-electron chi connectivity index (χ3n) is 7.01. The highest BCUT2D eigenvalue weighted by Crippen LogP contribution is 2.22. The zero-order valence-corrected chi connectivity index (χ0v) is 21.1. The number of carbonyl (C=O) groups is 1. The fourth-order valence-electron chi connectivity index (χ4n) is 4.85. The third-order valence-corrected chi connectivity index (χ3v) is 8.92. The fourth-order valence-corrected chi connectivity index (χ4v) is 6.37. The van der Waals surface area contributed by atoms with E-state index in [1.807, 2.05) is 19.2 Å². The summed E-state index contributed by atoms with van der Waals surface area (Å²) in [7, 11) is -1.57. The van der Waals surface area contributed by atoms with Gasteiger partial charge in [-0.3, -0.25) is 4.79 Å². The molecule has 34 heavy (non-hydrogen) atoms. The highest BCUT2D eigenvalue weighted by atomic mass is 32.2. The van der Waals surface area contributed by atoms with Gasteiger partial charge in [-0.05, 0) is 73.9 Å². The SMILES string of the molecule is CN(Cc1ccc(N2CCCCC2)cc1)C(=O)CCc1ccc(S(=O)(=O)N2CCCCC2)cc1. The van der Waals surface area contributed by atoms with Gasteiger partial charge in [0.15, 0.2) is 0 Å². The summed E-state index contributed by atoms with van der Waals surface area (Å²) >= 11 is 0. The van der Waals surface area contributed by atoms with Crippen LogP contribution in [0.1, 0.15) is 56.1 Å². The summed E-state index contributed by atoms with van der Waals surface area (Å²) in [6.07, 6.45) is 7.79. The van der Waals surface area contributed by atoms with Gasteiger partial charge in [-0.25, -0.2) is 8.42 Å². The summed E-state index contributed by atoms with van der Waals surface area (Å²) in [5.74, 6) is 0.0881. The average molecular weight is 484 g/mol. The lowest BCUT2D eigenvalue weighted by Gasteiger charge is -2.29. The van der Waals surface area contributed by atoms with Crippen molar-refractivity contribution in [3.8, 4) is 0 Å². The van der Waals surface area contributed by atoms with Crippen molar-refractivity contribution in [1.29, 1.82) is 0 Å². The van der Waals surface area contributed by atoms with Crippen molar-refractivity contribution in [3.63, 3.8) is 0 Å². The van der Waals surface area contributed by atoms with Crippen molar-refractivity contribution >= 4 is 21.6 Å². The van der Waals surface area contributed by atoms with Gasteiger partial charge in [-0.2, -0.15) is 4.31 Å². The predicted octanol–water partition coefficient (Wildman–Crippen LogP) is 4.44. The van der Waals surface area contributed by atoms with Crippen LogP contribution >= 0.6 is 0 Å². The summed E-state index contributed by atoms with van der Waals surface area (Å²) in [4.78, 5) is 17.2. The number of piperidine rings is 2. The second-order valence-electron chi connectivity index (χ2n) is 9.57. The highest BCUT2D eigenvalue weighted by molar-refractivity contribution is 7.89. The molecule has 1 amide bonds. The maximum atomic E-state index is 12.8. The topological polar surface area (TPSA) is 60.9 Å². The number of hydrogen-bond donors (Lipinski definition) is 0. The molecule has 2 aliphatic heterocycles. The standard InChI is InChI=1S/C27H37N3O3S/c1-28(22-24-8-13-25(14-9-24)29-18-4-2-5-19-29)27(31)17-12-23-10-15-26(16-11-23)34(32,33)30-20-6-3-7-21-30/h8-11,13-16H,2-7,12,17-22H2,1H3. The van der Waals surface area contributed by atoms with Gasteiger partial charge in [0.05, 0.1) is 4.90 Å². The normalized spacial score (nSPS) is 17.5. The minimum atomic E-state index is -3.41. The van der Waals surface area contributed by atoms with Gasteiger partial charge in [-0.1, -0.05) is 30.7 Å². The third kappa shape index (κ3) is 6.19. The van der Waals surface area contributed by atoms with Crippen LogP contribution < -0.4 is 4.90 Å². The Bertz CT molecular complexity index is 1040. The Labute approximate surface area is 204 Å². The van der Waals surface area contributed by atoms with Gasteiger partial charge in [0.1, 0.15) is 0 Å². The van der Waals surface area contributed by atoms with E-state index in [1.54, 1.807) is 21.3 Å². The molecule has 0 aromatic heterocycles. The van der Waals surface area contributed by atoms with Crippen molar-refractivity contribution in [2.45, 2.75) is 62.8 Å². The zero-order chi connectivity index (χ0) is 24.0. The van der Waals surface area contributed by atoms with E-state index < -0.39 is 10.0 Å². The van der Waals surface area contributed by atoms with E-state index in [9.17, 15) is 13.2 Å². The summed E-state index contributed by atoms with van der Waals surface area (Å²) in [5.41, 5.74) is 3.37. The molecule has 6 nitrogen and oxygen atoms in total. The van der Waals surface area contributed by atoms with Crippen LogP contribution in [0.2, 0.25) is 0 Å². The van der Waals surface area contributed by atoms with Crippen LogP contribution in [0.4, 0.5) is 5.69 Å². The minimum absolute atomic E-state index is 0.0881. The van der Waals surface area contributed by atoms with Crippen molar-refractivity contribution in [1.82, 2.24) is 9.21 Å². The number of carbonyl (C=O) groups excluding carboxylic acids is 1. The van der Waals surface area contributed by atoms with Gasteiger partial charge in [0, 0.05) is 51.9 Å². The van der Waals surface area contributed by atoms with Gasteiger partial charge >= 0.3 is 0 Å². The van der Waals surface area contributed by atoms with E-state index in [4.69, 9.17) is 0 Å². The second kappa shape index (κ2) is 11.4. The van der Waals surface area contributed by atoms with E-state index in [2.05, 4.69) is 29.2 Å². The summed E-state index contributed by atoms with van der Waals surface area (Å²) in [6, 6.07) is 15.6. The molecule has 184 valence electrons. The average Bonchev–Trinajstić information content (AvgIpc) is 2.89. The van der Waals surface area contributed by atoms with E-state index in [0.29, 0.717) is 37.4 Å². The zero-order valence-electron chi connectivity index (χ0n) is 20.3. The van der Waals surface area contributed by atoms with Gasteiger partial charge in [0.25, 0.3) is 0 Å². The molecule has 2 saturated heterocycles. The maximum absolute atomic E-state index is 12.8. The largest absolute Gasteiger partial charge is 0.372 e. The van der Waals surface area contributed by atoms with E-state index in [1.165, 1.54) is 24.9 Å². The Kier molecular flexibility index (Phi) is 8.27. The second-order valence-corrected chi connectivity index (χ2v) is 11.5. The molecule has 2 fully saturated rings. The molecule has 0 atom stereocenters. The predicted molar refractivity (Wildman–Crippen MR) is 136 cm³/mol. The molecule has 2 heterocycles. The van der Waals surface area contributed by atoms with Crippen LogP contribution in [0.3, 0.4) is 0 Å². The first-order valence-electron chi connectivity index (χ1n) is 12.6. The Morgan fingerprint density at radius 1 is 0.794 bits per heavy atom. The molecule has 2 aromatic carbocycles. The number of rotatable bonds is 8. The maximum Gasteiger partial charge on any atom is 0.243 e. The first kappa shape index (κ1) is 24.7. The first-order valence-corrected chi connectivity index (χ1v) is 14.0. The number of hydrogen-bond acceptors (Lipinski definition) is 4. The Morgan fingerprint density at radius 2 is 1.35 bits per heavy atom. The van der Waals surface area contributed by atoms with E-state index >= 15 is 0 Å². The van der Waals surface area contributed by atoms with Crippen molar-refractivity contribution in [2.24, 2.45) is 0 Å². The Morgan fingerprint density at radius 3 is 1.97 bits per heavy atom. The monoisotopic (exact) mass is 483 g/mol. The van der Waals surface area contributed by atoms with Gasteiger partial charge in [0.2, 0.25) is 15.9 Å². The minimum Gasteiger partial charge on any atom is -0.372 e. The van der Waals surface area contributed by atoms with Gasteiger partial charge < -0.3 is 9.80 Å². The summed E-state index contributed by atoms with van der Waals surface area (Å²) < 4.78 is 27.2. The molecular weight excluding hydrogens is 446 g/mol. The van der Waals surface area contributed by atoms with Gasteiger partial charge in [-0.15, -0.1) is 0 Å². The molecule has 2 aliphatic rings. The Balaban J connectivity index is 1.26. The molecular formula is C27H37N3O3S. The molecule has 0 N–H and O–H groups in total. The van der Waals surface area contributed by atoms with Crippen molar-refractivity contribution < 1.29 is 13.2 Å². The number of nitrogens with zero attached hydrogens (tertiary/aromatic N) is 3. The molecule has 0 radical (unpaired) electrons. The molecule has 0 bridgehead atoms. The van der Waals surface area contributed by atoms with Crippen LogP contribution in [0.15, 0.2) is 53.4 Å². The van der Waals surface area contributed by atoms with Crippen molar-refractivity contribution in [2.75, 3.05) is 38.1 Å². The number of anilines is 1. The molecule has 0 saturated carbocycles. The number of aryl methyl sites for hydroxylation is 1. The molecule has 0 unspecified atom stereocenters. The summed E-state index contributed by atoms with van der Waals surface area (Å²) in [6.45, 7) is 4.05. The molecule has 7 heteroatoms. The van der Waals surface area contributed by atoms with E-state index in [-0.39, 0.29) is 5.91 Å². The lowest BCUT2D eigenvalue weighted by molar-refractivity contribution is -0.130. The van der Waals surface area contributed by atoms with Crippen LogP contribution in [0, 0.1) is 0 Å². The smallest absolute Gasteiger partial charge is 0.243 e. The molecule has 4 rings (SSSR count). The molecule has 0 aliphatic carbocycles. The first-order chi connectivity index (χ1) is 16.4. The number of amides is 1. The fraction of sp³-hybridized carbons (Fsp3) is 0.519. The van der Waals surface area contributed by atoms with E-state index in [0.717, 1.165) is 43.5 Å².